The minimum Gasteiger partial charge on any atom is -0.352 e. The lowest BCUT2D eigenvalue weighted by Crippen LogP contribution is -2.45. The Kier molecular flexibility index (Phi) is 5.96. The SMILES string of the molecule is CN=C(NCc1nnc(C)n1C)NC1CCN(C)C1c1ccc(Cl)c(F)c1. The van der Waals surface area contributed by atoms with Crippen LogP contribution in [0.5, 0.6) is 0 Å². The Morgan fingerprint density at radius 2 is 2.15 bits per heavy atom. The van der Waals surface area contributed by atoms with Gasteiger partial charge in [0.1, 0.15) is 11.6 Å². The van der Waals surface area contributed by atoms with E-state index in [1.54, 1.807) is 13.1 Å². The van der Waals surface area contributed by atoms with Gasteiger partial charge in [-0.1, -0.05) is 17.7 Å². The molecule has 2 unspecified atom stereocenters. The highest BCUT2D eigenvalue weighted by Gasteiger charge is 2.34. The standard InChI is InChI=1S/C18H25ClFN7/c1-11-24-25-16(27(11)4)10-22-18(21-2)23-15-7-8-26(3)17(15)12-5-6-13(19)14(20)9-12/h5-6,9,15,17H,7-8,10H2,1-4H3,(H2,21,22,23). The molecule has 2 heterocycles. The summed E-state index contributed by atoms with van der Waals surface area (Å²) in [4.78, 5) is 6.52. The second-order valence-electron chi connectivity index (χ2n) is 6.79. The number of guanidine groups is 1. The van der Waals surface area contributed by atoms with Gasteiger partial charge in [-0.05, 0) is 38.1 Å². The first-order chi connectivity index (χ1) is 12.9. The molecule has 0 aliphatic carbocycles. The number of aromatic nitrogens is 3. The van der Waals surface area contributed by atoms with Gasteiger partial charge in [-0.25, -0.2) is 4.39 Å². The number of hydrogen-bond donors (Lipinski definition) is 2. The molecule has 2 atom stereocenters. The van der Waals surface area contributed by atoms with Crippen molar-refractivity contribution in [1.82, 2.24) is 30.3 Å². The van der Waals surface area contributed by atoms with Gasteiger partial charge in [-0.2, -0.15) is 0 Å². The van der Waals surface area contributed by atoms with Crippen LogP contribution >= 0.6 is 11.6 Å². The normalized spacial score (nSPS) is 20.9. The number of likely N-dealkylation sites (tertiary alicyclic amines) is 1. The van der Waals surface area contributed by atoms with Crippen molar-refractivity contribution in [3.05, 3.63) is 46.3 Å². The fraction of sp³-hybridized carbons (Fsp3) is 0.500. The zero-order valence-electron chi connectivity index (χ0n) is 16.0. The van der Waals surface area contributed by atoms with Gasteiger partial charge in [0.25, 0.3) is 0 Å². The van der Waals surface area contributed by atoms with E-state index in [-0.39, 0.29) is 17.1 Å². The zero-order chi connectivity index (χ0) is 19.6. The number of nitrogens with one attached hydrogen (secondary N) is 2. The number of rotatable bonds is 4. The van der Waals surface area contributed by atoms with Crippen LogP contribution in [-0.4, -0.2) is 52.3 Å². The van der Waals surface area contributed by atoms with Crippen molar-refractivity contribution < 1.29 is 4.39 Å². The van der Waals surface area contributed by atoms with Gasteiger partial charge in [0.05, 0.1) is 17.6 Å². The summed E-state index contributed by atoms with van der Waals surface area (Å²) < 4.78 is 15.9. The molecular formula is C18H25ClFN7. The Balaban J connectivity index is 1.69. The van der Waals surface area contributed by atoms with Crippen LogP contribution in [0.4, 0.5) is 4.39 Å². The second-order valence-corrected chi connectivity index (χ2v) is 7.19. The van der Waals surface area contributed by atoms with E-state index >= 15 is 0 Å². The first kappa shape index (κ1) is 19.6. The molecule has 9 heteroatoms. The van der Waals surface area contributed by atoms with E-state index in [2.05, 4.69) is 30.7 Å². The third-order valence-electron chi connectivity index (χ3n) is 5.08. The highest BCUT2D eigenvalue weighted by Crippen LogP contribution is 2.32. The highest BCUT2D eigenvalue weighted by atomic mass is 35.5. The van der Waals surface area contributed by atoms with Crippen LogP contribution < -0.4 is 10.6 Å². The predicted molar refractivity (Wildman–Crippen MR) is 104 cm³/mol. The van der Waals surface area contributed by atoms with Crippen LogP contribution in [0.1, 0.15) is 29.7 Å². The monoisotopic (exact) mass is 393 g/mol. The van der Waals surface area contributed by atoms with E-state index in [0.717, 1.165) is 30.2 Å². The third-order valence-corrected chi connectivity index (χ3v) is 5.38. The molecule has 1 fully saturated rings. The van der Waals surface area contributed by atoms with E-state index in [1.807, 2.05) is 31.7 Å². The Morgan fingerprint density at radius 1 is 1.37 bits per heavy atom. The van der Waals surface area contributed by atoms with Crippen molar-refractivity contribution in [1.29, 1.82) is 0 Å². The van der Waals surface area contributed by atoms with Crippen LogP contribution in [-0.2, 0) is 13.6 Å². The molecule has 1 saturated heterocycles. The van der Waals surface area contributed by atoms with E-state index in [1.165, 1.54) is 6.07 Å². The zero-order valence-corrected chi connectivity index (χ0v) is 16.8. The first-order valence-electron chi connectivity index (χ1n) is 8.88. The van der Waals surface area contributed by atoms with Crippen molar-refractivity contribution in [3.63, 3.8) is 0 Å². The topological polar surface area (TPSA) is 70.4 Å². The minimum atomic E-state index is -0.395. The molecule has 0 amide bonds. The fourth-order valence-electron chi connectivity index (χ4n) is 3.42. The summed E-state index contributed by atoms with van der Waals surface area (Å²) in [5.41, 5.74) is 0.897. The summed E-state index contributed by atoms with van der Waals surface area (Å²) in [5.74, 6) is 1.97. The summed E-state index contributed by atoms with van der Waals surface area (Å²) in [6.45, 7) is 3.33. The number of halogens is 2. The Labute approximate surface area is 163 Å². The molecule has 1 aromatic carbocycles. The van der Waals surface area contributed by atoms with E-state index in [0.29, 0.717) is 12.5 Å². The highest BCUT2D eigenvalue weighted by molar-refractivity contribution is 6.30. The van der Waals surface area contributed by atoms with E-state index in [4.69, 9.17) is 11.6 Å². The smallest absolute Gasteiger partial charge is 0.191 e. The van der Waals surface area contributed by atoms with Crippen molar-refractivity contribution in [2.75, 3.05) is 20.6 Å². The molecule has 0 saturated carbocycles. The van der Waals surface area contributed by atoms with Crippen LogP contribution in [0.2, 0.25) is 5.02 Å². The molecule has 146 valence electrons. The minimum absolute atomic E-state index is 0.0346. The van der Waals surface area contributed by atoms with Crippen molar-refractivity contribution in [3.8, 4) is 0 Å². The largest absolute Gasteiger partial charge is 0.352 e. The summed E-state index contributed by atoms with van der Waals surface area (Å²) in [6.07, 6.45) is 0.926. The third kappa shape index (κ3) is 4.22. The Morgan fingerprint density at radius 3 is 2.78 bits per heavy atom. The van der Waals surface area contributed by atoms with Gasteiger partial charge < -0.3 is 15.2 Å². The van der Waals surface area contributed by atoms with Crippen LogP contribution in [0.25, 0.3) is 0 Å². The van der Waals surface area contributed by atoms with Gasteiger partial charge in [-0.3, -0.25) is 9.89 Å². The molecule has 2 N–H and O–H groups in total. The van der Waals surface area contributed by atoms with E-state index < -0.39 is 5.82 Å². The lowest BCUT2D eigenvalue weighted by atomic mass is 10.00. The number of nitrogens with zero attached hydrogens (tertiary/aromatic N) is 5. The average Bonchev–Trinajstić information content (AvgIpc) is 3.17. The number of aliphatic imine (C=N–C) groups is 1. The molecular weight excluding hydrogens is 369 g/mol. The van der Waals surface area contributed by atoms with Gasteiger partial charge >= 0.3 is 0 Å². The summed E-state index contributed by atoms with van der Waals surface area (Å²) in [5, 5.41) is 15.1. The summed E-state index contributed by atoms with van der Waals surface area (Å²) in [7, 11) is 5.70. The molecule has 27 heavy (non-hydrogen) atoms. The lowest BCUT2D eigenvalue weighted by molar-refractivity contribution is 0.296. The summed E-state index contributed by atoms with van der Waals surface area (Å²) >= 11 is 5.83. The molecule has 0 spiro atoms. The first-order valence-corrected chi connectivity index (χ1v) is 9.25. The molecule has 1 aliphatic heterocycles. The Bertz CT molecular complexity index is 835. The van der Waals surface area contributed by atoms with Crippen molar-refractivity contribution >= 4 is 17.6 Å². The molecule has 3 rings (SSSR count). The number of aryl methyl sites for hydroxylation is 1. The maximum atomic E-state index is 13.9. The quantitative estimate of drug-likeness (QED) is 0.614. The van der Waals surface area contributed by atoms with E-state index in [9.17, 15) is 4.39 Å². The van der Waals surface area contributed by atoms with Gasteiger partial charge in [-0.15, -0.1) is 10.2 Å². The van der Waals surface area contributed by atoms with Gasteiger partial charge in [0.2, 0.25) is 0 Å². The lowest BCUT2D eigenvalue weighted by Gasteiger charge is -2.27. The Hall–Kier alpha value is -2.19. The van der Waals surface area contributed by atoms with Crippen LogP contribution in [0.15, 0.2) is 23.2 Å². The van der Waals surface area contributed by atoms with Gasteiger partial charge in [0, 0.05) is 26.7 Å². The molecule has 1 aromatic heterocycles. The fourth-order valence-corrected chi connectivity index (χ4v) is 3.54. The average molecular weight is 394 g/mol. The molecule has 1 aliphatic rings. The maximum Gasteiger partial charge on any atom is 0.191 e. The number of hydrogen-bond acceptors (Lipinski definition) is 4. The molecule has 7 nitrogen and oxygen atoms in total. The predicted octanol–water partition coefficient (Wildman–Crippen LogP) is 2.03. The molecule has 2 aromatic rings. The maximum absolute atomic E-state index is 13.9. The second kappa shape index (κ2) is 8.22. The van der Waals surface area contributed by atoms with Crippen LogP contribution in [0.3, 0.4) is 0 Å². The van der Waals surface area contributed by atoms with Crippen LogP contribution in [0, 0.1) is 12.7 Å². The van der Waals surface area contributed by atoms with Crippen molar-refractivity contribution in [2.24, 2.45) is 12.0 Å². The number of benzene rings is 1. The van der Waals surface area contributed by atoms with Crippen molar-refractivity contribution in [2.45, 2.75) is 32.0 Å². The summed E-state index contributed by atoms with van der Waals surface area (Å²) in [6, 6.07) is 5.14. The number of likely N-dealkylation sites (N-methyl/N-ethyl adjacent to an activating group) is 1. The molecule has 0 bridgehead atoms. The van der Waals surface area contributed by atoms with Gasteiger partial charge in [0.15, 0.2) is 11.8 Å². The molecule has 0 radical (unpaired) electrons.